The number of allylic oxidation sites excluding steroid dienone is 2. The summed E-state index contributed by atoms with van der Waals surface area (Å²) in [7, 11) is 0. The predicted octanol–water partition coefficient (Wildman–Crippen LogP) is 4.16. The number of nitrogens with zero attached hydrogens (tertiary/aromatic N) is 1. The lowest BCUT2D eigenvalue weighted by molar-refractivity contribution is 0.103. The zero-order valence-electron chi connectivity index (χ0n) is 9.96. The first-order valence-corrected chi connectivity index (χ1v) is 5.88. The molecule has 0 aliphatic carbocycles. The maximum atomic E-state index is 12.1. The Balaban J connectivity index is 3.07. The highest BCUT2D eigenvalue weighted by Crippen LogP contribution is 2.17. The van der Waals surface area contributed by atoms with Gasteiger partial charge in [-0.3, -0.25) is 4.79 Å². The molecule has 1 aromatic carbocycles. The fraction of sp³-hybridized carbons (Fsp3) is 0.286. The van der Waals surface area contributed by atoms with Crippen LogP contribution >= 0.6 is 11.6 Å². The third-order valence-corrected chi connectivity index (χ3v) is 2.75. The maximum Gasteiger partial charge on any atom is 0.203 e. The van der Waals surface area contributed by atoms with Gasteiger partial charge in [-0.15, -0.1) is 0 Å². The van der Waals surface area contributed by atoms with E-state index in [0.29, 0.717) is 10.6 Å². The van der Waals surface area contributed by atoms with Crippen molar-refractivity contribution in [1.29, 1.82) is 5.26 Å². The molecular formula is C14H14ClNO. The molecular weight excluding hydrogens is 234 g/mol. The van der Waals surface area contributed by atoms with Gasteiger partial charge in [0.2, 0.25) is 5.78 Å². The quantitative estimate of drug-likeness (QED) is 0.455. The van der Waals surface area contributed by atoms with Crippen molar-refractivity contribution < 1.29 is 4.79 Å². The van der Waals surface area contributed by atoms with E-state index in [1.165, 1.54) is 0 Å². The van der Waals surface area contributed by atoms with Crippen LogP contribution in [0.25, 0.3) is 0 Å². The van der Waals surface area contributed by atoms with Crippen molar-refractivity contribution in [2.45, 2.75) is 26.7 Å². The molecule has 0 amide bonds. The summed E-state index contributed by atoms with van der Waals surface area (Å²) in [5.41, 5.74) is 1.59. The average Bonchev–Trinajstić information content (AvgIpc) is 2.31. The molecule has 0 radical (unpaired) electrons. The monoisotopic (exact) mass is 247 g/mol. The Kier molecular flexibility index (Phi) is 4.93. The van der Waals surface area contributed by atoms with E-state index >= 15 is 0 Å². The fourth-order valence-corrected chi connectivity index (χ4v) is 1.71. The minimum atomic E-state index is -0.227. The number of benzene rings is 1. The molecule has 0 fully saturated rings. The molecule has 0 heterocycles. The number of hydrogen-bond acceptors (Lipinski definition) is 2. The Morgan fingerprint density at radius 3 is 2.41 bits per heavy atom. The van der Waals surface area contributed by atoms with Crippen molar-refractivity contribution in [1.82, 2.24) is 0 Å². The molecule has 1 rings (SSSR count). The van der Waals surface area contributed by atoms with E-state index in [2.05, 4.69) is 0 Å². The van der Waals surface area contributed by atoms with Crippen molar-refractivity contribution in [3.8, 4) is 6.07 Å². The van der Waals surface area contributed by atoms with E-state index in [0.717, 1.165) is 18.4 Å². The number of hydrogen-bond donors (Lipinski definition) is 0. The van der Waals surface area contributed by atoms with E-state index in [9.17, 15) is 4.79 Å². The fourth-order valence-electron chi connectivity index (χ4n) is 1.59. The van der Waals surface area contributed by atoms with Gasteiger partial charge in [-0.05, 0) is 37.6 Å². The Morgan fingerprint density at radius 1 is 1.35 bits per heavy atom. The topological polar surface area (TPSA) is 40.9 Å². The van der Waals surface area contributed by atoms with Gasteiger partial charge in [-0.2, -0.15) is 5.26 Å². The average molecular weight is 248 g/mol. The van der Waals surface area contributed by atoms with Gasteiger partial charge < -0.3 is 0 Å². The molecule has 0 atom stereocenters. The standard InChI is InChI=1S/C14H14ClNO/c1-3-4-10(2)13(9-16)14(17)11-5-7-12(15)8-6-11/h5-8H,3-4H2,1-2H3. The summed E-state index contributed by atoms with van der Waals surface area (Å²) in [5, 5.41) is 9.63. The third-order valence-electron chi connectivity index (χ3n) is 2.50. The van der Waals surface area contributed by atoms with Gasteiger partial charge in [-0.25, -0.2) is 0 Å². The summed E-state index contributed by atoms with van der Waals surface area (Å²) in [6.07, 6.45) is 1.69. The van der Waals surface area contributed by atoms with E-state index in [-0.39, 0.29) is 11.4 Å². The van der Waals surface area contributed by atoms with Crippen molar-refractivity contribution in [2.75, 3.05) is 0 Å². The summed E-state index contributed by atoms with van der Waals surface area (Å²) in [4.78, 5) is 12.1. The molecule has 0 N–H and O–H groups in total. The lowest BCUT2D eigenvalue weighted by Gasteiger charge is -2.04. The van der Waals surface area contributed by atoms with Gasteiger partial charge in [0.05, 0.1) is 5.57 Å². The number of carbonyl (C=O) groups is 1. The van der Waals surface area contributed by atoms with Crippen LogP contribution in [0.15, 0.2) is 35.4 Å². The van der Waals surface area contributed by atoms with E-state index < -0.39 is 0 Å². The molecule has 0 bridgehead atoms. The molecule has 1 aromatic rings. The lowest BCUT2D eigenvalue weighted by Crippen LogP contribution is -2.04. The molecule has 0 aliphatic rings. The van der Waals surface area contributed by atoms with Crippen LogP contribution in [0.1, 0.15) is 37.0 Å². The van der Waals surface area contributed by atoms with Crippen LogP contribution in [-0.4, -0.2) is 5.78 Å². The Hall–Kier alpha value is -1.59. The number of carbonyl (C=O) groups excluding carboxylic acids is 1. The van der Waals surface area contributed by atoms with Gasteiger partial charge >= 0.3 is 0 Å². The van der Waals surface area contributed by atoms with Crippen molar-refractivity contribution in [3.05, 3.63) is 46.0 Å². The first-order valence-electron chi connectivity index (χ1n) is 5.50. The van der Waals surface area contributed by atoms with Crippen molar-refractivity contribution >= 4 is 17.4 Å². The van der Waals surface area contributed by atoms with Crippen LogP contribution in [0.5, 0.6) is 0 Å². The second-order valence-corrected chi connectivity index (χ2v) is 4.29. The predicted molar refractivity (Wildman–Crippen MR) is 69.0 cm³/mol. The molecule has 88 valence electrons. The zero-order chi connectivity index (χ0) is 12.8. The molecule has 0 saturated carbocycles. The summed E-state index contributed by atoms with van der Waals surface area (Å²) in [5.74, 6) is -0.227. The van der Waals surface area contributed by atoms with Gasteiger partial charge in [0.25, 0.3) is 0 Å². The van der Waals surface area contributed by atoms with Gasteiger partial charge in [-0.1, -0.05) is 30.5 Å². The minimum Gasteiger partial charge on any atom is -0.288 e. The maximum absolute atomic E-state index is 12.1. The van der Waals surface area contributed by atoms with Crippen molar-refractivity contribution in [3.63, 3.8) is 0 Å². The van der Waals surface area contributed by atoms with Crippen LogP contribution in [-0.2, 0) is 0 Å². The number of ketones is 1. The van der Waals surface area contributed by atoms with Crippen LogP contribution in [0, 0.1) is 11.3 Å². The summed E-state index contributed by atoms with van der Waals surface area (Å²) < 4.78 is 0. The first-order chi connectivity index (χ1) is 8.10. The van der Waals surface area contributed by atoms with Crippen LogP contribution in [0.3, 0.4) is 0 Å². The third kappa shape index (κ3) is 3.44. The number of Topliss-reactive ketones (excluding diaryl/α,β-unsaturated/α-hetero) is 1. The molecule has 0 unspecified atom stereocenters. The molecule has 17 heavy (non-hydrogen) atoms. The number of rotatable bonds is 4. The molecule has 0 aromatic heterocycles. The van der Waals surface area contributed by atoms with Crippen LogP contribution < -0.4 is 0 Å². The Morgan fingerprint density at radius 2 is 1.94 bits per heavy atom. The van der Waals surface area contributed by atoms with E-state index in [1.54, 1.807) is 24.3 Å². The smallest absolute Gasteiger partial charge is 0.203 e. The number of nitriles is 1. The SMILES string of the molecule is CCCC(C)=C(C#N)C(=O)c1ccc(Cl)cc1. The molecule has 2 nitrogen and oxygen atoms in total. The minimum absolute atomic E-state index is 0.227. The molecule has 3 heteroatoms. The number of halogens is 1. The van der Waals surface area contributed by atoms with Crippen LogP contribution in [0.4, 0.5) is 0 Å². The summed E-state index contributed by atoms with van der Waals surface area (Å²) in [6, 6.07) is 8.58. The largest absolute Gasteiger partial charge is 0.288 e. The lowest BCUT2D eigenvalue weighted by atomic mass is 9.98. The highest BCUT2D eigenvalue weighted by atomic mass is 35.5. The van der Waals surface area contributed by atoms with Gasteiger partial charge in [0.1, 0.15) is 6.07 Å². The second-order valence-electron chi connectivity index (χ2n) is 3.85. The van der Waals surface area contributed by atoms with Gasteiger partial charge in [0, 0.05) is 10.6 Å². The van der Waals surface area contributed by atoms with Crippen LogP contribution in [0.2, 0.25) is 5.02 Å². The highest BCUT2D eigenvalue weighted by molar-refractivity contribution is 6.30. The molecule has 0 spiro atoms. The van der Waals surface area contributed by atoms with E-state index in [1.807, 2.05) is 19.9 Å². The Labute approximate surface area is 107 Å². The second kappa shape index (κ2) is 6.22. The highest BCUT2D eigenvalue weighted by Gasteiger charge is 2.14. The van der Waals surface area contributed by atoms with Gasteiger partial charge in [0.15, 0.2) is 0 Å². The summed E-state index contributed by atoms with van der Waals surface area (Å²) in [6.45, 7) is 3.85. The Bertz CT molecular complexity index is 480. The zero-order valence-corrected chi connectivity index (χ0v) is 10.7. The molecule has 0 saturated heterocycles. The first kappa shape index (κ1) is 13.5. The summed E-state index contributed by atoms with van der Waals surface area (Å²) >= 11 is 5.75. The normalized spacial score (nSPS) is 11.6. The molecule has 0 aliphatic heterocycles. The van der Waals surface area contributed by atoms with Crippen molar-refractivity contribution in [2.24, 2.45) is 0 Å². The van der Waals surface area contributed by atoms with E-state index in [4.69, 9.17) is 16.9 Å².